The Morgan fingerprint density at radius 3 is 1.58 bits per heavy atom. The molecule has 8 aromatic rings. The van der Waals surface area contributed by atoms with Crippen LogP contribution in [0.5, 0.6) is 0 Å². The van der Waals surface area contributed by atoms with Gasteiger partial charge in [-0.1, -0.05) is 167 Å². The summed E-state index contributed by atoms with van der Waals surface area (Å²) in [5, 5.41) is 0. The summed E-state index contributed by atoms with van der Waals surface area (Å²) in [5.41, 5.74) is 25.2. The summed E-state index contributed by atoms with van der Waals surface area (Å²) in [6, 6.07) is 67.6. The van der Waals surface area contributed by atoms with Gasteiger partial charge in [0, 0.05) is 16.9 Å². The number of hydrogen-bond acceptors (Lipinski definition) is 1. The zero-order valence-electron chi connectivity index (χ0n) is 36.4. The van der Waals surface area contributed by atoms with Gasteiger partial charge in [0.1, 0.15) is 0 Å². The second kappa shape index (κ2) is 13.8. The third-order valence-corrected chi connectivity index (χ3v) is 15.3. The largest absolute Gasteiger partial charge is 0.310 e. The monoisotopic (exact) mass is 799 g/mol. The molecule has 0 N–H and O–H groups in total. The number of fused-ring (bicyclic) bond motifs is 12. The second-order valence-electron chi connectivity index (χ2n) is 19.7. The highest BCUT2D eigenvalue weighted by Gasteiger charge is 2.52. The standard InChI is InChI=1S/C61H53N/c1-59(2)35-36-60(3,4)58-49(24-16-28-55(58)59)51-38-50-48-23-12-15-27-54(48)61(52-25-13-10-21-46(52)47-22-11-14-26-53(47)61)56(50)39-57(51)62(45-34-31-41-19-8-9-20-43(41)37-45)44-32-29-42(30-33-44)40-17-6-5-7-18-40/h5-7,10-18,21-34,37-39H,8-9,19-20,35-36H2,1-4H3. The van der Waals surface area contributed by atoms with Crippen LogP contribution in [0.1, 0.15) is 97.9 Å². The summed E-state index contributed by atoms with van der Waals surface area (Å²) in [6.07, 6.45) is 7.13. The van der Waals surface area contributed by atoms with Crippen molar-refractivity contribution in [2.75, 3.05) is 4.90 Å². The van der Waals surface area contributed by atoms with Gasteiger partial charge in [0.05, 0.1) is 11.1 Å². The molecular weight excluding hydrogens is 747 g/mol. The van der Waals surface area contributed by atoms with Gasteiger partial charge in [-0.3, -0.25) is 0 Å². The van der Waals surface area contributed by atoms with E-state index in [1.54, 1.807) is 0 Å². The van der Waals surface area contributed by atoms with Crippen LogP contribution >= 0.6 is 0 Å². The summed E-state index contributed by atoms with van der Waals surface area (Å²) < 4.78 is 0. The van der Waals surface area contributed by atoms with Gasteiger partial charge in [0.25, 0.3) is 0 Å². The van der Waals surface area contributed by atoms with E-state index in [2.05, 4.69) is 209 Å². The molecule has 4 aliphatic carbocycles. The van der Waals surface area contributed by atoms with E-state index in [9.17, 15) is 0 Å². The third kappa shape index (κ3) is 5.40. The van der Waals surface area contributed by atoms with E-state index in [0.29, 0.717) is 0 Å². The van der Waals surface area contributed by atoms with Crippen LogP contribution in [0.2, 0.25) is 0 Å². The molecular formula is C61H53N. The lowest BCUT2D eigenvalue weighted by molar-refractivity contribution is 0.333. The van der Waals surface area contributed by atoms with E-state index in [4.69, 9.17) is 0 Å². The first kappa shape index (κ1) is 37.3. The van der Waals surface area contributed by atoms with Gasteiger partial charge >= 0.3 is 0 Å². The van der Waals surface area contributed by atoms with Crippen molar-refractivity contribution in [3.05, 3.63) is 220 Å². The minimum atomic E-state index is -0.456. The minimum Gasteiger partial charge on any atom is -0.310 e. The smallest absolute Gasteiger partial charge is 0.0726 e. The van der Waals surface area contributed by atoms with Crippen molar-refractivity contribution in [1.29, 1.82) is 0 Å². The summed E-state index contributed by atoms with van der Waals surface area (Å²) in [6.45, 7) is 9.88. The zero-order chi connectivity index (χ0) is 41.8. The molecule has 0 saturated heterocycles. The number of aryl methyl sites for hydroxylation is 2. The molecule has 0 fully saturated rings. The van der Waals surface area contributed by atoms with Crippen LogP contribution in [0.15, 0.2) is 176 Å². The van der Waals surface area contributed by atoms with Crippen molar-refractivity contribution >= 4 is 17.1 Å². The van der Waals surface area contributed by atoms with Gasteiger partial charge < -0.3 is 4.90 Å². The molecule has 4 aliphatic rings. The molecule has 62 heavy (non-hydrogen) atoms. The lowest BCUT2D eigenvalue weighted by Crippen LogP contribution is -2.34. The molecule has 1 spiro atoms. The van der Waals surface area contributed by atoms with Crippen LogP contribution < -0.4 is 4.90 Å². The third-order valence-electron chi connectivity index (χ3n) is 15.3. The van der Waals surface area contributed by atoms with Crippen molar-refractivity contribution < 1.29 is 0 Å². The van der Waals surface area contributed by atoms with E-state index in [-0.39, 0.29) is 10.8 Å². The van der Waals surface area contributed by atoms with Crippen LogP contribution in [0.3, 0.4) is 0 Å². The molecule has 0 amide bonds. The maximum Gasteiger partial charge on any atom is 0.0726 e. The highest BCUT2D eigenvalue weighted by atomic mass is 15.1. The number of hydrogen-bond donors (Lipinski definition) is 0. The Bertz CT molecular complexity index is 3030. The Kier molecular flexibility index (Phi) is 8.30. The average Bonchev–Trinajstić information content (AvgIpc) is 3.77. The molecule has 0 radical (unpaired) electrons. The van der Waals surface area contributed by atoms with E-state index in [1.165, 1.54) is 125 Å². The fourth-order valence-electron chi connectivity index (χ4n) is 12.2. The molecule has 0 unspecified atom stereocenters. The first-order valence-electron chi connectivity index (χ1n) is 22.9. The quantitative estimate of drug-likeness (QED) is 0.168. The predicted molar refractivity (Wildman–Crippen MR) is 260 cm³/mol. The van der Waals surface area contributed by atoms with E-state index >= 15 is 0 Å². The fourth-order valence-corrected chi connectivity index (χ4v) is 12.2. The molecule has 1 heteroatoms. The first-order valence-corrected chi connectivity index (χ1v) is 22.9. The summed E-state index contributed by atoms with van der Waals surface area (Å²) in [4.78, 5) is 2.61. The molecule has 0 bridgehead atoms. The van der Waals surface area contributed by atoms with Crippen LogP contribution in [0.4, 0.5) is 17.1 Å². The normalized spacial score (nSPS) is 16.7. The Morgan fingerprint density at radius 2 is 0.903 bits per heavy atom. The Labute approximate surface area is 367 Å². The molecule has 12 rings (SSSR count). The van der Waals surface area contributed by atoms with E-state index in [0.717, 1.165) is 19.3 Å². The second-order valence-corrected chi connectivity index (χ2v) is 19.7. The van der Waals surface area contributed by atoms with Gasteiger partial charge in [-0.05, 0) is 169 Å². The van der Waals surface area contributed by atoms with Crippen molar-refractivity contribution in [2.24, 2.45) is 0 Å². The maximum absolute atomic E-state index is 2.63. The average molecular weight is 800 g/mol. The molecule has 8 aromatic carbocycles. The molecule has 1 nitrogen and oxygen atoms in total. The van der Waals surface area contributed by atoms with Crippen LogP contribution in [-0.4, -0.2) is 0 Å². The zero-order valence-corrected chi connectivity index (χ0v) is 36.4. The SMILES string of the molecule is CC1(C)CCC(C)(C)c2c(-c3cc4c(cc3N(c3ccc(-c5ccccc5)cc3)c3ccc5c(c3)CCCC5)C3(c5ccccc5-c5ccccc53)c3ccccc3-4)cccc21. The van der Waals surface area contributed by atoms with Gasteiger partial charge in [0.2, 0.25) is 0 Å². The summed E-state index contributed by atoms with van der Waals surface area (Å²) >= 11 is 0. The molecule has 0 atom stereocenters. The predicted octanol–water partition coefficient (Wildman–Crippen LogP) is 16.1. The Balaban J connectivity index is 1.21. The Morgan fingerprint density at radius 1 is 0.371 bits per heavy atom. The van der Waals surface area contributed by atoms with Crippen molar-refractivity contribution in [1.82, 2.24) is 0 Å². The van der Waals surface area contributed by atoms with Crippen LogP contribution in [0.25, 0.3) is 44.5 Å². The van der Waals surface area contributed by atoms with Gasteiger partial charge in [-0.15, -0.1) is 0 Å². The van der Waals surface area contributed by atoms with Crippen molar-refractivity contribution in [2.45, 2.75) is 82.5 Å². The number of rotatable bonds is 5. The molecule has 0 aliphatic heterocycles. The van der Waals surface area contributed by atoms with Crippen LogP contribution in [-0.2, 0) is 29.1 Å². The van der Waals surface area contributed by atoms with Crippen molar-refractivity contribution in [3.63, 3.8) is 0 Å². The topological polar surface area (TPSA) is 3.24 Å². The molecule has 0 aromatic heterocycles. The molecule has 0 heterocycles. The highest BCUT2D eigenvalue weighted by molar-refractivity contribution is 6.00. The molecule has 302 valence electrons. The van der Waals surface area contributed by atoms with E-state index in [1.807, 2.05) is 0 Å². The maximum atomic E-state index is 2.63. The number of anilines is 3. The Hall–Kier alpha value is -6.44. The van der Waals surface area contributed by atoms with Gasteiger partial charge in [0.15, 0.2) is 0 Å². The minimum absolute atomic E-state index is 0.00811. The lowest BCUT2D eigenvalue weighted by atomic mass is 9.61. The number of benzene rings is 8. The first-order chi connectivity index (χ1) is 30.2. The van der Waals surface area contributed by atoms with E-state index < -0.39 is 5.41 Å². The number of nitrogens with zero attached hydrogens (tertiary/aromatic N) is 1. The lowest BCUT2D eigenvalue weighted by Gasteiger charge is -2.43. The molecule has 0 saturated carbocycles. The van der Waals surface area contributed by atoms with Gasteiger partial charge in [-0.2, -0.15) is 0 Å². The summed E-state index contributed by atoms with van der Waals surface area (Å²) in [5.74, 6) is 0. The summed E-state index contributed by atoms with van der Waals surface area (Å²) in [7, 11) is 0. The fraction of sp³-hybridized carbons (Fsp3) is 0.213. The van der Waals surface area contributed by atoms with Crippen LogP contribution in [0, 0.1) is 0 Å². The van der Waals surface area contributed by atoms with Gasteiger partial charge in [-0.25, -0.2) is 0 Å². The van der Waals surface area contributed by atoms with Crippen molar-refractivity contribution in [3.8, 4) is 44.5 Å². The highest BCUT2D eigenvalue weighted by Crippen LogP contribution is 2.64.